The molecule has 0 aliphatic heterocycles. The summed E-state index contributed by atoms with van der Waals surface area (Å²) in [6.07, 6.45) is -1.78. The third-order valence-electron chi connectivity index (χ3n) is 3.10. The largest absolute Gasteiger partial charge is 0.235 e. The van der Waals surface area contributed by atoms with Crippen molar-refractivity contribution >= 4 is 61.5 Å². The Morgan fingerprint density at radius 2 is 0.625 bits per heavy atom. The van der Waals surface area contributed by atoms with E-state index in [4.69, 9.17) is 33.2 Å². The summed E-state index contributed by atoms with van der Waals surface area (Å²) in [5.41, 5.74) is 0. The van der Waals surface area contributed by atoms with Gasteiger partial charge in [0.1, 0.15) is 6.90 Å². The Bertz CT molecular complexity index is 157. The first kappa shape index (κ1) is 20.1. The van der Waals surface area contributed by atoms with Crippen LogP contribution in [0.15, 0.2) is 0 Å². The second kappa shape index (κ2) is 6.26. The minimum absolute atomic E-state index is 0.954. The zero-order valence-corrected chi connectivity index (χ0v) is 18.4. The summed E-state index contributed by atoms with van der Waals surface area (Å²) in [5.74, 6) is 0. The van der Waals surface area contributed by atoms with E-state index in [2.05, 4.69) is 52.4 Å². The van der Waals surface area contributed by atoms with Gasteiger partial charge < -0.3 is 0 Å². The number of hydrogen-bond acceptors (Lipinski definition) is 0. The number of rotatable bonds is 2. The Kier molecular flexibility index (Phi) is 7.85. The quantitative estimate of drug-likeness (QED) is 0.434. The average Bonchev–Trinajstić information content (AvgIpc) is 1.77. The first-order valence-electron chi connectivity index (χ1n) is 5.57. The molecule has 100 valence electrons. The lowest BCUT2D eigenvalue weighted by Gasteiger charge is -2.27. The van der Waals surface area contributed by atoms with Crippen LogP contribution >= 0.6 is 33.2 Å². The Morgan fingerprint density at radius 1 is 0.500 bits per heavy atom. The molecule has 0 saturated carbocycles. The molecule has 0 aromatic rings. The zero-order valence-electron chi connectivity index (χ0n) is 12.1. The molecule has 0 aromatic carbocycles. The third-order valence-corrected chi connectivity index (χ3v) is 43.2. The summed E-state index contributed by atoms with van der Waals surface area (Å²) >= 11 is 18.2. The van der Waals surface area contributed by atoms with Crippen molar-refractivity contribution in [3.63, 3.8) is 0 Å². The molecule has 0 spiro atoms. The van der Waals surface area contributed by atoms with E-state index < -0.39 is 28.3 Å². The van der Waals surface area contributed by atoms with Crippen molar-refractivity contribution in [2.24, 2.45) is 0 Å². The van der Waals surface area contributed by atoms with Gasteiger partial charge in [0.05, 0.1) is 15.2 Å². The normalized spacial score (nSPS) is 14.2. The minimum atomic E-state index is -1.78. The van der Waals surface area contributed by atoms with Crippen LogP contribution in [0.5, 0.6) is 0 Å². The van der Waals surface area contributed by atoms with Crippen LogP contribution in [0.25, 0.3) is 0 Å². The Morgan fingerprint density at radius 3 is 0.625 bits per heavy atom. The van der Waals surface area contributed by atoms with Gasteiger partial charge in [0, 0.05) is 0 Å². The van der Waals surface area contributed by atoms with Gasteiger partial charge >= 0.3 is 0 Å². The highest BCUT2D eigenvalue weighted by molar-refractivity contribution is 7.74. The van der Waals surface area contributed by atoms with E-state index in [-0.39, 0.29) is 0 Å². The van der Waals surface area contributed by atoms with Gasteiger partial charge in [-0.05, 0) is 6.55 Å². The lowest BCUT2D eigenvalue weighted by atomic mass is 11.8. The van der Waals surface area contributed by atoms with Gasteiger partial charge in [-0.1, -0.05) is 52.4 Å². The fraction of sp³-hybridized carbons (Fsp3) is 1.00. The molecule has 0 amide bonds. The maximum atomic E-state index is 6.21. The monoisotopic (exact) mass is 352 g/mol. The van der Waals surface area contributed by atoms with Crippen LogP contribution in [-0.2, 0) is 0 Å². The fourth-order valence-electron chi connectivity index (χ4n) is 0. The van der Waals surface area contributed by atoms with Gasteiger partial charge in [-0.3, -0.25) is 0 Å². The molecule has 0 bridgehead atoms. The Labute approximate surface area is 120 Å². The summed E-state index contributed by atoms with van der Waals surface area (Å²) in [4.78, 5) is 0. The minimum Gasteiger partial charge on any atom is -0.171 e. The molecule has 0 radical (unpaired) electrons. The fourth-order valence-corrected chi connectivity index (χ4v) is 0. The molecular weight excluding hydrogens is 327 g/mol. The van der Waals surface area contributed by atoms with E-state index in [0.717, 1.165) is 0 Å². The van der Waals surface area contributed by atoms with E-state index >= 15 is 0 Å². The van der Waals surface area contributed by atoms with Gasteiger partial charge in [0.25, 0.3) is 0 Å². The Hall–Kier alpha value is 1.74. The topological polar surface area (TPSA) is 0 Å². The van der Waals surface area contributed by atoms with Crippen LogP contribution in [0.2, 0.25) is 58.9 Å². The molecule has 0 saturated heterocycles. The molecule has 0 N–H and O–H groups in total. The standard InChI is InChI=1S/C5H15ClSi2.C4H12Cl2Si2/c2*1-7(2,3)8(4,5)6/h1-5H3;1-4H3. The van der Waals surface area contributed by atoms with Gasteiger partial charge in [-0.15, -0.1) is 0 Å². The van der Waals surface area contributed by atoms with Crippen molar-refractivity contribution in [2.75, 3.05) is 0 Å². The first-order chi connectivity index (χ1) is 6.50. The lowest BCUT2D eigenvalue weighted by molar-refractivity contribution is 1.79. The molecule has 0 fully saturated rings. The van der Waals surface area contributed by atoms with Crippen LogP contribution in [-0.4, -0.2) is 28.3 Å². The van der Waals surface area contributed by atoms with Gasteiger partial charge in [0.15, 0.2) is 0 Å². The van der Waals surface area contributed by atoms with E-state index in [1.54, 1.807) is 0 Å². The van der Waals surface area contributed by atoms with Crippen molar-refractivity contribution < 1.29 is 0 Å². The zero-order chi connectivity index (χ0) is 14.0. The van der Waals surface area contributed by atoms with E-state index in [1.165, 1.54) is 0 Å². The van der Waals surface area contributed by atoms with Crippen molar-refractivity contribution in [1.29, 1.82) is 0 Å². The molecule has 0 nitrogen and oxygen atoms in total. The maximum absolute atomic E-state index is 6.21. The van der Waals surface area contributed by atoms with Gasteiger partial charge in [-0.2, -0.15) is 33.2 Å². The van der Waals surface area contributed by atoms with Crippen LogP contribution in [0.1, 0.15) is 0 Å². The van der Waals surface area contributed by atoms with Gasteiger partial charge in [0.2, 0.25) is 6.21 Å². The summed E-state index contributed by atoms with van der Waals surface area (Å²) in [7, 11) is -2.14. The second-order valence-electron chi connectivity index (χ2n) is 6.86. The first-order valence-corrected chi connectivity index (χ1v) is 23.1. The van der Waals surface area contributed by atoms with Crippen LogP contribution < -0.4 is 0 Å². The summed E-state index contributed by atoms with van der Waals surface area (Å²) < 4.78 is 0. The van der Waals surface area contributed by atoms with E-state index in [9.17, 15) is 0 Å². The van der Waals surface area contributed by atoms with Crippen molar-refractivity contribution in [1.82, 2.24) is 0 Å². The molecule has 0 aromatic heterocycles. The molecule has 0 aliphatic rings. The summed E-state index contributed by atoms with van der Waals surface area (Å²) in [6.45, 7) is 18.9. The molecule has 16 heavy (non-hydrogen) atoms. The molecule has 0 unspecified atom stereocenters. The molecule has 0 heterocycles. The SMILES string of the molecule is C[Si](C)(C)[Si](C)(C)Cl.C[Si](C)(C)[Si](C)(Cl)Cl. The lowest BCUT2D eigenvalue weighted by Crippen LogP contribution is -2.47. The van der Waals surface area contributed by atoms with Crippen LogP contribution in [0.4, 0.5) is 0 Å². The van der Waals surface area contributed by atoms with Crippen molar-refractivity contribution in [3.8, 4) is 0 Å². The molecule has 0 rings (SSSR count). The molecule has 7 heteroatoms. The number of hydrogen-bond donors (Lipinski definition) is 0. The van der Waals surface area contributed by atoms with Gasteiger partial charge in [-0.25, -0.2) is 0 Å². The predicted octanol–water partition coefficient (Wildman–Crippen LogP) is 5.80. The third kappa shape index (κ3) is 8.77. The summed E-state index contributed by atoms with van der Waals surface area (Å²) in [6, 6.07) is 0. The highest BCUT2D eigenvalue weighted by atomic mass is 35.7. The van der Waals surface area contributed by atoms with E-state index in [1.807, 2.05) is 6.55 Å². The van der Waals surface area contributed by atoms with Crippen molar-refractivity contribution in [3.05, 3.63) is 0 Å². The molecule has 0 aliphatic carbocycles. The molecule has 0 atom stereocenters. The average molecular weight is 354 g/mol. The number of halogens is 3. The van der Waals surface area contributed by atoms with Crippen LogP contribution in [0, 0.1) is 0 Å². The van der Waals surface area contributed by atoms with Crippen molar-refractivity contribution in [2.45, 2.75) is 58.9 Å². The predicted molar refractivity (Wildman–Crippen MR) is 93.4 cm³/mol. The maximum Gasteiger partial charge on any atom is 0.235 e. The Balaban J connectivity index is 0. The smallest absolute Gasteiger partial charge is 0.171 e. The highest BCUT2D eigenvalue weighted by Crippen LogP contribution is 2.26. The molecular formula is C9H27Cl3Si4. The summed E-state index contributed by atoms with van der Waals surface area (Å²) in [5, 5.41) is 0. The van der Waals surface area contributed by atoms with E-state index in [0.29, 0.717) is 0 Å². The second-order valence-corrected chi connectivity index (χ2v) is 47.1. The van der Waals surface area contributed by atoms with Crippen LogP contribution in [0.3, 0.4) is 0 Å². The highest BCUT2D eigenvalue weighted by Gasteiger charge is 2.38.